The highest BCUT2D eigenvalue weighted by atomic mass is 79.9. The van der Waals surface area contributed by atoms with Crippen molar-refractivity contribution < 1.29 is 91.9 Å². The molecule has 5 aliphatic heterocycles. The van der Waals surface area contributed by atoms with E-state index in [0.717, 1.165) is 60.0 Å². The second kappa shape index (κ2) is 42.6. The van der Waals surface area contributed by atoms with Gasteiger partial charge in [0.1, 0.15) is 89.1 Å². The molecule has 5 saturated heterocycles. The van der Waals surface area contributed by atoms with Crippen LogP contribution in [0.2, 0.25) is 10.3 Å². The summed E-state index contributed by atoms with van der Waals surface area (Å²) in [6, 6.07) is 18.6. The van der Waals surface area contributed by atoms with Crippen LogP contribution < -0.4 is 5.32 Å². The van der Waals surface area contributed by atoms with Crippen LogP contribution in [-0.4, -0.2) is 181 Å². The van der Waals surface area contributed by atoms with Crippen LogP contribution in [0.15, 0.2) is 167 Å². The van der Waals surface area contributed by atoms with Gasteiger partial charge in [-0.05, 0) is 179 Å². The van der Waals surface area contributed by atoms with E-state index in [2.05, 4.69) is 65.9 Å². The number of carbonyl (C=O) groups is 3. The quantitative estimate of drug-likeness (QED) is 0.0698. The van der Waals surface area contributed by atoms with Crippen molar-refractivity contribution in [2.75, 3.05) is 79.5 Å². The Bertz CT molecular complexity index is 4950. The van der Waals surface area contributed by atoms with E-state index in [-0.39, 0.29) is 165 Å². The van der Waals surface area contributed by atoms with Gasteiger partial charge in [-0.1, -0.05) is 45.5 Å². The number of pyridine rings is 7. The number of aliphatic hydroxyl groups is 4. The predicted molar refractivity (Wildman–Crippen MR) is 436 cm³/mol. The van der Waals surface area contributed by atoms with Crippen LogP contribution in [0.1, 0.15) is 141 Å². The Kier molecular flexibility index (Phi) is 35.4. The van der Waals surface area contributed by atoms with E-state index in [1.165, 1.54) is 145 Å². The standard InChI is InChI=1S/2C23H17ClF4N4O3.C11H15FN2O.C10H13FN2O.C6H11NO.C5H3BrFN.3CH4.2ClH/c2*24-19-17(21(33)31-7-4-22(34,5-8-31)18-16(25)2-1-6-29-18)30-20-15(23(26,27)28)10-14(11-32(19)20)13-3-9-35-12-13;1-14-7-4-11(15,5-8-14)10-9(12)3-2-6-13-10;11-8-2-1-5-13-9(8)10(14)3-6-12-7-4-10;1-7-4-2-6(8)3-5-7;6-5-4(7)2-1-3-8-5;;;;;/h2*1-3,6,9-12,34H,4-5,7-8H2;2-3,6,15H,4-5,7-8H2,1H3;1-2,5,12,14H,3-4,6-7H2;2-5H2,1H3;1-3H;3*1H4;2*1H. The summed E-state index contributed by atoms with van der Waals surface area (Å²) in [6.07, 6.45) is 9.24. The van der Waals surface area contributed by atoms with Gasteiger partial charge in [0, 0.05) is 131 Å². The zero-order valence-electron chi connectivity index (χ0n) is 62.3. The molecular weight excluding hydrogens is 1740 g/mol. The molecule has 39 heteroatoms. The van der Waals surface area contributed by atoms with Gasteiger partial charge in [0.25, 0.3) is 11.8 Å². The van der Waals surface area contributed by atoms with Crippen LogP contribution in [0.25, 0.3) is 33.5 Å². The maximum absolute atomic E-state index is 14.1. The number of hydrogen-bond acceptors (Lipinski definition) is 19. The van der Waals surface area contributed by atoms with Crippen molar-refractivity contribution in [2.24, 2.45) is 0 Å². The molecular formula is C81H90BrCl4F11N14O9. The summed E-state index contributed by atoms with van der Waals surface area (Å²) in [4.78, 5) is 71.1. The van der Waals surface area contributed by atoms with Crippen LogP contribution in [0.3, 0.4) is 0 Å². The molecule has 0 unspecified atom stereocenters. The van der Waals surface area contributed by atoms with Gasteiger partial charge in [-0.2, -0.15) is 26.3 Å². The first-order chi connectivity index (χ1) is 54.6. The molecule has 23 nitrogen and oxygen atoms in total. The molecule has 0 bridgehead atoms. The number of nitrogens with zero attached hydrogens (tertiary/aromatic N) is 13. The van der Waals surface area contributed by atoms with Gasteiger partial charge in [-0.15, -0.1) is 24.8 Å². The van der Waals surface area contributed by atoms with Crippen molar-refractivity contribution in [3.8, 4) is 22.3 Å². The minimum absolute atomic E-state index is 0. The fraction of sp³-hybridized carbons (Fsp3) is 0.383. The van der Waals surface area contributed by atoms with Crippen molar-refractivity contribution in [2.45, 2.75) is 121 Å². The Hall–Kier alpha value is -9.11. The molecule has 16 rings (SSSR count). The minimum atomic E-state index is -4.76. The van der Waals surface area contributed by atoms with Gasteiger partial charge in [0.05, 0.1) is 36.2 Å². The van der Waals surface area contributed by atoms with E-state index in [1.54, 1.807) is 6.07 Å². The number of imidazole rings is 2. The number of ketones is 1. The van der Waals surface area contributed by atoms with Crippen molar-refractivity contribution in [1.82, 2.24) is 68.6 Å². The fourth-order valence-electron chi connectivity index (χ4n) is 13.5. The molecule has 0 aliphatic carbocycles. The highest BCUT2D eigenvalue weighted by Gasteiger charge is 2.44. The van der Waals surface area contributed by atoms with Crippen LogP contribution >= 0.6 is 63.9 Å². The molecule has 2 amide bonds. The molecule has 5 fully saturated rings. The molecule has 11 aromatic rings. The third-order valence-electron chi connectivity index (χ3n) is 20.1. The van der Waals surface area contributed by atoms with Crippen molar-refractivity contribution in [3.05, 3.63) is 243 Å². The lowest BCUT2D eigenvalue weighted by molar-refractivity contribution is -0.137. The number of nitrogens with one attached hydrogen (secondary N) is 1. The number of hydrogen-bond donors (Lipinski definition) is 5. The van der Waals surface area contributed by atoms with Crippen molar-refractivity contribution in [1.29, 1.82) is 0 Å². The van der Waals surface area contributed by atoms with Gasteiger partial charge in [-0.25, -0.2) is 36.9 Å². The first-order valence-electron chi connectivity index (χ1n) is 36.0. The lowest BCUT2D eigenvalue weighted by atomic mass is 9.87. The number of aromatic nitrogens is 9. The number of halogens is 16. The SMILES string of the molecule is C.C.C.CN1CCC(=O)CC1.CN1CCC(O)(c2ncccc2F)CC1.Cl.Cl.Fc1cccnc1Br.O=C(c1nc2c(C(F)(F)F)cc(-c3ccoc3)cn2c1Cl)N1CCC(O)(c2ncccc2F)CC1.O=C(c1nc2c(C(F)(F)F)cc(-c3ccoc3)cn2c1Cl)N1CCC(O)(c2ncccc2F)CC1.OC1(c2ncccc2F)CCNCC1. The molecule has 0 saturated carbocycles. The lowest BCUT2D eigenvalue weighted by Crippen LogP contribution is -2.46. The van der Waals surface area contributed by atoms with E-state index in [9.17, 15) is 83.1 Å². The van der Waals surface area contributed by atoms with E-state index >= 15 is 0 Å². The zero-order valence-corrected chi connectivity index (χ0v) is 67.1. The third-order valence-corrected chi connectivity index (χ3v) is 21.4. The topological polar surface area (TPSA) is 282 Å². The Labute approximate surface area is 715 Å². The second-order valence-electron chi connectivity index (χ2n) is 27.9. The Morgan fingerprint density at radius 1 is 0.467 bits per heavy atom. The smallest absolute Gasteiger partial charge is 0.420 e. The number of Topliss-reactive ketones (excluding diaryl/α,β-unsaturated/α-hetero) is 1. The molecule has 0 radical (unpaired) electrons. The summed E-state index contributed by atoms with van der Waals surface area (Å²) in [5.41, 5.74) is -7.87. The number of rotatable bonds is 8. The molecule has 16 heterocycles. The fourth-order valence-corrected chi connectivity index (χ4v) is 14.2. The molecule has 0 aromatic carbocycles. The van der Waals surface area contributed by atoms with Crippen molar-refractivity contribution in [3.63, 3.8) is 0 Å². The van der Waals surface area contributed by atoms with Gasteiger partial charge >= 0.3 is 12.4 Å². The summed E-state index contributed by atoms with van der Waals surface area (Å²) in [7, 11) is 4.04. The summed E-state index contributed by atoms with van der Waals surface area (Å²) < 4.78 is 163. The predicted octanol–water partition coefficient (Wildman–Crippen LogP) is 16.8. The molecule has 5 aliphatic rings. The summed E-state index contributed by atoms with van der Waals surface area (Å²) in [5.74, 6) is -3.45. The summed E-state index contributed by atoms with van der Waals surface area (Å²) >= 11 is 15.6. The Morgan fingerprint density at radius 2 is 0.775 bits per heavy atom. The molecule has 120 heavy (non-hydrogen) atoms. The summed E-state index contributed by atoms with van der Waals surface area (Å²) in [6.45, 7) is 4.86. The molecule has 650 valence electrons. The highest BCUT2D eigenvalue weighted by molar-refractivity contribution is 9.10. The minimum Gasteiger partial charge on any atom is -0.472 e. The van der Waals surface area contributed by atoms with E-state index < -0.39 is 92.3 Å². The normalized spacial score (nSPS) is 16.7. The average Bonchev–Trinajstić information content (AvgIpc) is 1.61. The first-order valence-corrected chi connectivity index (χ1v) is 37.6. The highest BCUT2D eigenvalue weighted by Crippen LogP contribution is 2.42. The largest absolute Gasteiger partial charge is 0.472 e. The maximum atomic E-state index is 14.1. The Balaban J connectivity index is 0.000000242. The van der Waals surface area contributed by atoms with Gasteiger partial charge in [0.15, 0.2) is 28.5 Å². The van der Waals surface area contributed by atoms with Gasteiger partial charge in [-0.3, -0.25) is 43.1 Å². The van der Waals surface area contributed by atoms with Gasteiger partial charge in [0.2, 0.25) is 0 Å². The third kappa shape index (κ3) is 23.6. The maximum Gasteiger partial charge on any atom is 0.420 e. The first kappa shape index (κ1) is 99.7. The van der Waals surface area contributed by atoms with Crippen LogP contribution in [0.4, 0.5) is 48.3 Å². The number of carbonyl (C=O) groups excluding carboxylic acids is 3. The van der Waals surface area contributed by atoms with Crippen LogP contribution in [0.5, 0.6) is 0 Å². The number of fused-ring (bicyclic) bond motifs is 2. The molecule has 11 aromatic heterocycles. The van der Waals surface area contributed by atoms with Crippen LogP contribution in [0, 0.1) is 29.1 Å². The number of alkyl halides is 6. The Morgan fingerprint density at radius 3 is 1.06 bits per heavy atom. The number of piperidine rings is 5. The van der Waals surface area contributed by atoms with E-state index in [0.29, 0.717) is 55.7 Å². The zero-order chi connectivity index (χ0) is 82.8. The van der Waals surface area contributed by atoms with Crippen molar-refractivity contribution >= 4 is 92.8 Å². The number of likely N-dealkylation sites (tertiary alicyclic amines) is 4. The molecule has 5 N–H and O–H groups in total. The van der Waals surface area contributed by atoms with Gasteiger partial charge < -0.3 is 54.2 Å². The number of furan rings is 2. The molecule has 0 atom stereocenters. The average molecular weight is 1830 g/mol. The second-order valence-corrected chi connectivity index (χ2v) is 29.4. The number of amides is 2. The van der Waals surface area contributed by atoms with Crippen LogP contribution in [-0.2, 0) is 39.6 Å². The summed E-state index contributed by atoms with van der Waals surface area (Å²) in [5, 5.41) is 44.8. The molecule has 0 spiro atoms. The monoisotopic (exact) mass is 1830 g/mol. The lowest BCUT2D eigenvalue weighted by Gasteiger charge is -2.37. The van der Waals surface area contributed by atoms with E-state index in [1.807, 2.05) is 14.1 Å². The van der Waals surface area contributed by atoms with E-state index in [4.69, 9.17) is 32.0 Å².